The summed E-state index contributed by atoms with van der Waals surface area (Å²) in [5, 5.41) is 0. The van der Waals surface area contributed by atoms with E-state index in [0.29, 0.717) is 25.5 Å². The number of halogens is 2. The van der Waals surface area contributed by atoms with E-state index in [1.54, 1.807) is 11.9 Å². The number of carbonyl (C=O) groups is 1. The summed E-state index contributed by atoms with van der Waals surface area (Å²) in [7, 11) is 1.75. The minimum absolute atomic E-state index is 0.0265. The summed E-state index contributed by atoms with van der Waals surface area (Å²) in [6, 6.07) is 11.3. The Morgan fingerprint density at radius 2 is 1.88 bits per heavy atom. The lowest BCUT2D eigenvalue weighted by molar-refractivity contribution is -0.132. The largest absolute Gasteiger partial charge is 0.486 e. The van der Waals surface area contributed by atoms with E-state index in [9.17, 15) is 4.79 Å². The Morgan fingerprint density at radius 1 is 1.12 bits per heavy atom. The number of fused-ring (bicyclic) bond motifs is 1. The van der Waals surface area contributed by atoms with Crippen molar-refractivity contribution < 1.29 is 19.0 Å². The minimum atomic E-state index is -0.107. The molecule has 0 fully saturated rings. The standard InChI is InChI=1S/C18H17Br2NO4/c1-21(10-12-2-4-16-17(8-12)24-7-6-23-16)18(22)11-25-15-5-3-13(19)9-14(15)20/h2-5,8-9H,6-7,10-11H2,1H3. The van der Waals surface area contributed by atoms with E-state index in [-0.39, 0.29) is 12.5 Å². The first-order valence-corrected chi connectivity index (χ1v) is 9.32. The zero-order valence-electron chi connectivity index (χ0n) is 13.6. The normalized spacial score (nSPS) is 12.6. The van der Waals surface area contributed by atoms with Crippen LogP contribution in [0, 0.1) is 0 Å². The molecule has 5 nitrogen and oxygen atoms in total. The van der Waals surface area contributed by atoms with E-state index in [0.717, 1.165) is 26.0 Å². The van der Waals surface area contributed by atoms with Gasteiger partial charge in [-0.05, 0) is 51.8 Å². The van der Waals surface area contributed by atoms with Crippen LogP contribution >= 0.6 is 31.9 Å². The lowest BCUT2D eigenvalue weighted by atomic mass is 10.2. The van der Waals surface area contributed by atoms with Crippen LogP contribution in [0.25, 0.3) is 0 Å². The quantitative estimate of drug-likeness (QED) is 0.662. The number of likely N-dealkylation sites (N-methyl/N-ethyl adjacent to an activating group) is 1. The third kappa shape index (κ3) is 4.67. The molecule has 7 heteroatoms. The fourth-order valence-corrected chi connectivity index (χ4v) is 3.55. The molecule has 0 radical (unpaired) electrons. The van der Waals surface area contributed by atoms with Crippen LogP contribution in [0.3, 0.4) is 0 Å². The predicted octanol–water partition coefficient (Wildman–Crippen LogP) is 4.02. The Hall–Kier alpha value is -1.73. The van der Waals surface area contributed by atoms with Crippen LogP contribution < -0.4 is 14.2 Å². The van der Waals surface area contributed by atoms with Crippen molar-refractivity contribution in [2.24, 2.45) is 0 Å². The van der Waals surface area contributed by atoms with Crippen molar-refractivity contribution in [1.29, 1.82) is 0 Å². The van der Waals surface area contributed by atoms with Crippen molar-refractivity contribution in [3.05, 3.63) is 50.9 Å². The van der Waals surface area contributed by atoms with Gasteiger partial charge in [-0.2, -0.15) is 0 Å². The van der Waals surface area contributed by atoms with Gasteiger partial charge in [-0.25, -0.2) is 0 Å². The highest BCUT2D eigenvalue weighted by molar-refractivity contribution is 9.11. The summed E-state index contributed by atoms with van der Waals surface area (Å²) < 4.78 is 18.4. The Kier molecular flexibility index (Phi) is 5.86. The van der Waals surface area contributed by atoms with Crippen LogP contribution in [0.15, 0.2) is 45.3 Å². The molecular weight excluding hydrogens is 454 g/mol. The Balaban J connectivity index is 1.57. The molecule has 0 unspecified atom stereocenters. The summed E-state index contributed by atoms with van der Waals surface area (Å²) >= 11 is 6.80. The van der Waals surface area contributed by atoms with Crippen molar-refractivity contribution in [3.8, 4) is 17.2 Å². The van der Waals surface area contributed by atoms with Crippen molar-refractivity contribution in [2.45, 2.75) is 6.54 Å². The molecule has 0 saturated heterocycles. The third-order valence-corrected chi connectivity index (χ3v) is 4.81. The molecule has 0 bridgehead atoms. The number of ether oxygens (including phenoxy) is 3. The number of nitrogens with zero attached hydrogens (tertiary/aromatic N) is 1. The highest BCUT2D eigenvalue weighted by Crippen LogP contribution is 2.31. The molecule has 132 valence electrons. The molecule has 3 rings (SSSR count). The molecule has 25 heavy (non-hydrogen) atoms. The van der Waals surface area contributed by atoms with Crippen molar-refractivity contribution in [2.75, 3.05) is 26.9 Å². The molecule has 0 N–H and O–H groups in total. The van der Waals surface area contributed by atoms with Gasteiger partial charge in [-0.1, -0.05) is 22.0 Å². The minimum Gasteiger partial charge on any atom is -0.486 e. The molecule has 2 aromatic carbocycles. The van der Waals surface area contributed by atoms with Gasteiger partial charge in [0, 0.05) is 18.1 Å². The molecule has 1 aliphatic rings. The summed E-state index contributed by atoms with van der Waals surface area (Å²) in [5.74, 6) is 1.99. The Labute approximate surface area is 163 Å². The monoisotopic (exact) mass is 469 g/mol. The van der Waals surface area contributed by atoms with Gasteiger partial charge < -0.3 is 19.1 Å². The summed E-state index contributed by atoms with van der Waals surface area (Å²) in [5.41, 5.74) is 0.977. The van der Waals surface area contributed by atoms with Gasteiger partial charge in [0.2, 0.25) is 0 Å². The molecule has 1 aliphatic heterocycles. The first-order valence-electron chi connectivity index (χ1n) is 7.73. The number of benzene rings is 2. The zero-order valence-corrected chi connectivity index (χ0v) is 16.8. The second-order valence-electron chi connectivity index (χ2n) is 5.59. The first-order chi connectivity index (χ1) is 12.0. The predicted molar refractivity (Wildman–Crippen MR) is 101 cm³/mol. The zero-order chi connectivity index (χ0) is 17.8. The van der Waals surface area contributed by atoms with E-state index >= 15 is 0 Å². The Morgan fingerprint density at radius 3 is 2.64 bits per heavy atom. The van der Waals surface area contributed by atoms with Crippen LogP contribution in [0.1, 0.15) is 5.56 Å². The number of hydrogen-bond acceptors (Lipinski definition) is 4. The summed E-state index contributed by atoms with van der Waals surface area (Å²) in [6.07, 6.45) is 0. The van der Waals surface area contributed by atoms with Gasteiger partial charge in [-0.15, -0.1) is 0 Å². The second-order valence-corrected chi connectivity index (χ2v) is 7.36. The van der Waals surface area contributed by atoms with E-state index in [1.165, 1.54) is 0 Å². The van der Waals surface area contributed by atoms with Gasteiger partial charge in [0.15, 0.2) is 18.1 Å². The molecule has 0 saturated carbocycles. The van der Waals surface area contributed by atoms with E-state index in [2.05, 4.69) is 31.9 Å². The lowest BCUT2D eigenvalue weighted by Crippen LogP contribution is -2.31. The molecule has 0 aromatic heterocycles. The van der Waals surface area contributed by atoms with Gasteiger partial charge in [0.25, 0.3) is 5.91 Å². The number of amides is 1. The van der Waals surface area contributed by atoms with Gasteiger partial charge in [0.1, 0.15) is 19.0 Å². The van der Waals surface area contributed by atoms with Crippen molar-refractivity contribution >= 4 is 37.8 Å². The van der Waals surface area contributed by atoms with E-state index in [1.807, 2.05) is 36.4 Å². The average molecular weight is 471 g/mol. The van der Waals surface area contributed by atoms with Gasteiger partial charge >= 0.3 is 0 Å². The topological polar surface area (TPSA) is 48.0 Å². The van der Waals surface area contributed by atoms with Gasteiger partial charge in [0.05, 0.1) is 4.47 Å². The lowest BCUT2D eigenvalue weighted by Gasteiger charge is -2.21. The summed E-state index contributed by atoms with van der Waals surface area (Å²) in [6.45, 7) is 1.55. The van der Waals surface area contributed by atoms with Crippen molar-refractivity contribution in [1.82, 2.24) is 4.90 Å². The third-order valence-electron chi connectivity index (χ3n) is 3.70. The molecule has 2 aromatic rings. The van der Waals surface area contributed by atoms with Gasteiger partial charge in [-0.3, -0.25) is 4.79 Å². The van der Waals surface area contributed by atoms with Crippen LogP contribution in [-0.4, -0.2) is 37.7 Å². The molecular formula is C18H17Br2NO4. The van der Waals surface area contributed by atoms with Crippen molar-refractivity contribution in [3.63, 3.8) is 0 Å². The maximum absolute atomic E-state index is 12.3. The fraction of sp³-hybridized carbons (Fsp3) is 0.278. The number of rotatable bonds is 5. The molecule has 0 aliphatic carbocycles. The smallest absolute Gasteiger partial charge is 0.260 e. The van der Waals surface area contributed by atoms with Crippen LogP contribution in [0.5, 0.6) is 17.2 Å². The highest BCUT2D eigenvalue weighted by atomic mass is 79.9. The van der Waals surface area contributed by atoms with Crippen LogP contribution in [-0.2, 0) is 11.3 Å². The second kappa shape index (κ2) is 8.10. The fourth-order valence-electron chi connectivity index (χ4n) is 2.39. The first kappa shape index (κ1) is 18.1. The van der Waals surface area contributed by atoms with E-state index in [4.69, 9.17) is 14.2 Å². The SMILES string of the molecule is CN(Cc1ccc2c(c1)OCCO2)C(=O)COc1ccc(Br)cc1Br. The molecule has 1 amide bonds. The highest BCUT2D eigenvalue weighted by Gasteiger charge is 2.15. The van der Waals surface area contributed by atoms with E-state index < -0.39 is 0 Å². The molecule has 1 heterocycles. The maximum atomic E-state index is 12.3. The van der Waals surface area contributed by atoms with Crippen LogP contribution in [0.2, 0.25) is 0 Å². The summed E-state index contributed by atoms with van der Waals surface area (Å²) in [4.78, 5) is 13.9. The molecule has 0 spiro atoms. The Bertz CT molecular complexity index is 782. The van der Waals surface area contributed by atoms with Crippen LogP contribution in [0.4, 0.5) is 0 Å². The molecule has 0 atom stereocenters. The number of carbonyl (C=O) groups excluding carboxylic acids is 1. The number of hydrogen-bond donors (Lipinski definition) is 0. The average Bonchev–Trinajstić information content (AvgIpc) is 2.60. The maximum Gasteiger partial charge on any atom is 0.260 e.